The van der Waals surface area contributed by atoms with Crippen LogP contribution in [0.2, 0.25) is 0 Å². The van der Waals surface area contributed by atoms with Crippen LogP contribution in [0.15, 0.2) is 90.3 Å². The third-order valence-corrected chi connectivity index (χ3v) is 7.93. The molecule has 5 rings (SSSR count). The molecule has 0 bridgehead atoms. The molecule has 0 aliphatic carbocycles. The maximum Gasteiger partial charge on any atom is 0.339 e. The molecule has 0 radical (unpaired) electrons. The molecule has 0 amide bonds. The van der Waals surface area contributed by atoms with Crippen LogP contribution < -0.4 is 18.6 Å². The molecule has 1 aliphatic heterocycles. The van der Waals surface area contributed by atoms with Gasteiger partial charge in [-0.25, -0.2) is 9.97 Å². The van der Waals surface area contributed by atoms with E-state index in [1.165, 1.54) is 24.0 Å². The Kier molecular flexibility index (Phi) is 7.94. The van der Waals surface area contributed by atoms with Gasteiger partial charge in [-0.3, -0.25) is 4.90 Å². The fourth-order valence-corrected chi connectivity index (χ4v) is 5.48. The number of methoxy groups -OCH3 is 2. The summed E-state index contributed by atoms with van der Waals surface area (Å²) in [4.78, 5) is 12.8. The third kappa shape index (κ3) is 6.30. The van der Waals surface area contributed by atoms with Gasteiger partial charge >= 0.3 is 10.1 Å². The van der Waals surface area contributed by atoms with E-state index in [1.807, 2.05) is 24.3 Å². The lowest BCUT2D eigenvalue weighted by Crippen LogP contribution is -2.45. The number of nitrogens with zero attached hydrogens (tertiary/aromatic N) is 4. The van der Waals surface area contributed by atoms with Crippen molar-refractivity contribution in [3.05, 3.63) is 91.0 Å². The van der Waals surface area contributed by atoms with Gasteiger partial charge < -0.3 is 18.6 Å². The quantitative estimate of drug-likeness (QED) is 0.286. The van der Waals surface area contributed by atoms with Crippen LogP contribution in [0, 0.1) is 0 Å². The number of hydrogen-bond acceptors (Lipinski definition) is 9. The summed E-state index contributed by atoms with van der Waals surface area (Å²) in [5, 5.41) is 0. The second-order valence-electron chi connectivity index (χ2n) is 9.14. The molecule has 0 N–H and O–H groups in total. The zero-order chi connectivity index (χ0) is 27.2. The second kappa shape index (κ2) is 11.7. The van der Waals surface area contributed by atoms with Gasteiger partial charge in [0.1, 0.15) is 17.0 Å². The molecular weight excluding hydrogens is 516 g/mol. The highest BCUT2D eigenvalue weighted by Crippen LogP contribution is 2.29. The Morgan fingerprint density at radius 2 is 1.44 bits per heavy atom. The zero-order valence-electron chi connectivity index (χ0n) is 21.9. The Balaban J connectivity index is 1.16. The number of rotatable bonds is 9. The lowest BCUT2D eigenvalue weighted by molar-refractivity contribution is 0.249. The van der Waals surface area contributed by atoms with E-state index in [0.29, 0.717) is 0 Å². The van der Waals surface area contributed by atoms with Gasteiger partial charge in [0.25, 0.3) is 0 Å². The van der Waals surface area contributed by atoms with Crippen LogP contribution in [0.3, 0.4) is 0 Å². The highest BCUT2D eigenvalue weighted by atomic mass is 32.2. The van der Waals surface area contributed by atoms with E-state index in [-0.39, 0.29) is 10.6 Å². The molecule has 4 aromatic rings. The van der Waals surface area contributed by atoms with Crippen LogP contribution in [0.25, 0.3) is 11.1 Å². The van der Waals surface area contributed by atoms with Crippen molar-refractivity contribution in [1.29, 1.82) is 0 Å². The maximum atomic E-state index is 12.8. The van der Waals surface area contributed by atoms with Crippen molar-refractivity contribution in [3.63, 3.8) is 0 Å². The minimum Gasteiger partial charge on any atom is -0.493 e. The topological polar surface area (TPSA) is 94.1 Å². The smallest absolute Gasteiger partial charge is 0.339 e. The molecule has 1 aromatic heterocycles. The summed E-state index contributed by atoms with van der Waals surface area (Å²) in [5.41, 5.74) is 3.83. The average molecular weight is 547 g/mol. The molecule has 10 heteroatoms. The molecule has 202 valence electrons. The zero-order valence-corrected chi connectivity index (χ0v) is 22.7. The van der Waals surface area contributed by atoms with Crippen molar-refractivity contribution in [2.75, 3.05) is 45.3 Å². The van der Waals surface area contributed by atoms with Crippen LogP contribution in [0.5, 0.6) is 17.2 Å². The highest BCUT2D eigenvalue weighted by molar-refractivity contribution is 7.87. The number of benzene rings is 3. The van der Waals surface area contributed by atoms with Gasteiger partial charge in [-0.05, 0) is 59.7 Å². The summed E-state index contributed by atoms with van der Waals surface area (Å²) in [6.07, 6.45) is 4.79. The standard InChI is InChI=1S/C29H30N4O5S/c1-36-28-12-3-22(17-29(28)37-2)20-32-13-15-33(16-14-32)25-6-8-26(9-7-25)38-39(34,35)27-10-4-23(5-11-27)24-18-30-21-31-19-24/h3-12,17-19,21H,13-16,20H2,1-2H3. The van der Waals surface area contributed by atoms with E-state index < -0.39 is 10.1 Å². The molecule has 1 fully saturated rings. The van der Waals surface area contributed by atoms with Crippen molar-refractivity contribution in [1.82, 2.24) is 14.9 Å². The lowest BCUT2D eigenvalue weighted by Gasteiger charge is -2.36. The summed E-state index contributed by atoms with van der Waals surface area (Å²) >= 11 is 0. The Labute approximate surface area is 228 Å². The lowest BCUT2D eigenvalue weighted by atomic mass is 10.1. The van der Waals surface area contributed by atoms with Gasteiger partial charge in [0.15, 0.2) is 11.5 Å². The monoisotopic (exact) mass is 546 g/mol. The van der Waals surface area contributed by atoms with Crippen molar-refractivity contribution in [2.45, 2.75) is 11.4 Å². The number of anilines is 1. The van der Waals surface area contributed by atoms with Crippen LogP contribution in [-0.4, -0.2) is 63.7 Å². The summed E-state index contributed by atoms with van der Waals surface area (Å²) in [6.45, 7) is 4.38. The molecule has 1 aliphatic rings. The van der Waals surface area contributed by atoms with Crippen molar-refractivity contribution in [2.24, 2.45) is 0 Å². The Hall–Kier alpha value is -4.15. The fourth-order valence-electron chi connectivity index (χ4n) is 4.55. The van der Waals surface area contributed by atoms with Crippen molar-refractivity contribution >= 4 is 15.8 Å². The van der Waals surface area contributed by atoms with E-state index in [1.54, 1.807) is 50.9 Å². The Morgan fingerprint density at radius 1 is 0.769 bits per heavy atom. The van der Waals surface area contributed by atoms with Crippen molar-refractivity contribution in [3.8, 4) is 28.4 Å². The average Bonchev–Trinajstić information content (AvgIpc) is 2.98. The Bertz CT molecular complexity index is 1490. The summed E-state index contributed by atoms with van der Waals surface area (Å²) in [6, 6.07) is 19.7. The molecule has 9 nitrogen and oxygen atoms in total. The van der Waals surface area contributed by atoms with Gasteiger partial charge in [0.2, 0.25) is 0 Å². The van der Waals surface area contributed by atoms with E-state index >= 15 is 0 Å². The van der Waals surface area contributed by atoms with E-state index in [9.17, 15) is 8.42 Å². The molecule has 0 saturated carbocycles. The maximum absolute atomic E-state index is 12.8. The number of hydrogen-bond donors (Lipinski definition) is 0. The normalized spacial score (nSPS) is 14.2. The number of piperazine rings is 1. The first kappa shape index (κ1) is 26.5. The molecule has 39 heavy (non-hydrogen) atoms. The summed E-state index contributed by atoms with van der Waals surface area (Å²) in [7, 11) is -0.686. The minimum atomic E-state index is -3.96. The third-order valence-electron chi connectivity index (χ3n) is 6.67. The predicted octanol–water partition coefficient (Wildman–Crippen LogP) is 4.25. The summed E-state index contributed by atoms with van der Waals surface area (Å²) < 4.78 is 41.8. The molecule has 3 aromatic carbocycles. The first-order valence-corrected chi connectivity index (χ1v) is 13.9. The van der Waals surface area contributed by atoms with Gasteiger partial charge in [-0.1, -0.05) is 18.2 Å². The van der Waals surface area contributed by atoms with Crippen molar-refractivity contribution < 1.29 is 22.1 Å². The van der Waals surface area contributed by atoms with Crippen LogP contribution in [0.4, 0.5) is 5.69 Å². The molecular formula is C29H30N4O5S. The van der Waals surface area contributed by atoms with E-state index in [4.69, 9.17) is 13.7 Å². The van der Waals surface area contributed by atoms with Crippen LogP contribution >= 0.6 is 0 Å². The predicted molar refractivity (Wildman–Crippen MR) is 149 cm³/mol. The fraction of sp³-hybridized carbons (Fsp3) is 0.241. The minimum absolute atomic E-state index is 0.0813. The van der Waals surface area contributed by atoms with Gasteiger partial charge in [-0.15, -0.1) is 0 Å². The second-order valence-corrected chi connectivity index (χ2v) is 10.7. The summed E-state index contributed by atoms with van der Waals surface area (Å²) in [5.74, 6) is 1.73. The largest absolute Gasteiger partial charge is 0.493 e. The first-order chi connectivity index (χ1) is 18.9. The molecule has 1 saturated heterocycles. The van der Waals surface area contributed by atoms with Crippen LogP contribution in [0.1, 0.15) is 5.56 Å². The first-order valence-electron chi connectivity index (χ1n) is 12.5. The van der Waals surface area contributed by atoms with Gasteiger partial charge in [-0.2, -0.15) is 8.42 Å². The SMILES string of the molecule is COc1ccc(CN2CCN(c3ccc(OS(=O)(=O)c4ccc(-c5cncnc5)cc4)cc3)CC2)cc1OC. The Morgan fingerprint density at radius 3 is 2.08 bits per heavy atom. The number of ether oxygens (including phenoxy) is 2. The highest BCUT2D eigenvalue weighted by Gasteiger charge is 2.20. The molecule has 0 spiro atoms. The van der Waals surface area contributed by atoms with E-state index in [0.717, 1.165) is 61.0 Å². The molecule has 0 atom stereocenters. The van der Waals surface area contributed by atoms with Crippen LogP contribution in [-0.2, 0) is 16.7 Å². The number of aromatic nitrogens is 2. The molecule has 2 heterocycles. The van der Waals surface area contributed by atoms with E-state index in [2.05, 4.69) is 25.8 Å². The van der Waals surface area contributed by atoms with Gasteiger partial charge in [0, 0.05) is 56.4 Å². The molecule has 0 unspecified atom stereocenters. The van der Waals surface area contributed by atoms with Gasteiger partial charge in [0.05, 0.1) is 14.2 Å².